The van der Waals surface area contributed by atoms with E-state index in [0.717, 1.165) is 18.6 Å². The van der Waals surface area contributed by atoms with Gasteiger partial charge in [0.1, 0.15) is 11.6 Å². The number of benzene rings is 1. The first kappa shape index (κ1) is 13.2. The first-order valence-corrected chi connectivity index (χ1v) is 6.10. The Morgan fingerprint density at radius 3 is 2.83 bits per heavy atom. The minimum atomic E-state index is -0.435. The molecule has 0 aromatic heterocycles. The van der Waals surface area contributed by atoms with Crippen molar-refractivity contribution in [2.75, 3.05) is 6.61 Å². The number of hydrogen-bond acceptors (Lipinski definition) is 2. The van der Waals surface area contributed by atoms with Crippen molar-refractivity contribution in [1.82, 2.24) is 5.32 Å². The minimum absolute atomic E-state index is 0.0971. The van der Waals surface area contributed by atoms with Crippen LogP contribution in [0.3, 0.4) is 0 Å². The lowest BCUT2D eigenvalue weighted by atomic mass is 10.0. The summed E-state index contributed by atoms with van der Waals surface area (Å²) in [5.41, 5.74) is 0.329. The summed E-state index contributed by atoms with van der Waals surface area (Å²) in [5, 5.41) is 12.2. The van der Waals surface area contributed by atoms with Crippen LogP contribution in [0.1, 0.15) is 24.9 Å². The van der Waals surface area contributed by atoms with Crippen LogP contribution in [0.5, 0.6) is 0 Å². The molecule has 1 aromatic rings. The summed E-state index contributed by atoms with van der Waals surface area (Å²) in [6, 6.07) is 3.30. The molecular weight excluding hydrogens is 236 g/mol. The van der Waals surface area contributed by atoms with Crippen LogP contribution in [0.4, 0.5) is 8.78 Å². The highest BCUT2D eigenvalue weighted by Gasteiger charge is 2.21. The molecule has 18 heavy (non-hydrogen) atoms. The first-order valence-electron chi connectivity index (χ1n) is 6.10. The van der Waals surface area contributed by atoms with E-state index in [1.54, 1.807) is 6.92 Å². The van der Waals surface area contributed by atoms with Crippen molar-refractivity contribution in [3.05, 3.63) is 47.5 Å². The van der Waals surface area contributed by atoms with Crippen molar-refractivity contribution in [1.29, 1.82) is 0 Å². The molecule has 0 heterocycles. The van der Waals surface area contributed by atoms with Gasteiger partial charge in [0.05, 0.1) is 0 Å². The number of nitrogens with one attached hydrogen (secondary N) is 1. The smallest absolute Gasteiger partial charge is 0.128 e. The minimum Gasteiger partial charge on any atom is -0.396 e. The highest BCUT2D eigenvalue weighted by Crippen LogP contribution is 2.23. The Morgan fingerprint density at radius 2 is 2.17 bits per heavy atom. The predicted molar refractivity (Wildman–Crippen MR) is 66.0 cm³/mol. The van der Waals surface area contributed by atoms with Gasteiger partial charge in [-0.05, 0) is 31.5 Å². The van der Waals surface area contributed by atoms with E-state index in [1.807, 2.05) is 12.2 Å². The summed E-state index contributed by atoms with van der Waals surface area (Å²) in [6.45, 7) is 1.93. The van der Waals surface area contributed by atoms with Crippen LogP contribution in [0.2, 0.25) is 0 Å². The highest BCUT2D eigenvalue weighted by molar-refractivity contribution is 5.22. The van der Waals surface area contributed by atoms with Crippen LogP contribution in [-0.2, 0) is 0 Å². The SMILES string of the molecule is C[C@@H](N[C@@H]1C=C[C@H](CO)C1)c1cc(F)ccc1F. The predicted octanol–water partition coefficient (Wildman–Crippen LogP) is 2.55. The molecule has 4 heteroatoms. The lowest BCUT2D eigenvalue weighted by Crippen LogP contribution is -2.30. The second-order valence-electron chi connectivity index (χ2n) is 4.72. The first-order chi connectivity index (χ1) is 8.60. The molecule has 2 nitrogen and oxygen atoms in total. The average molecular weight is 253 g/mol. The number of halogens is 2. The van der Waals surface area contributed by atoms with E-state index in [9.17, 15) is 8.78 Å². The second-order valence-corrected chi connectivity index (χ2v) is 4.72. The fourth-order valence-corrected chi connectivity index (χ4v) is 2.29. The lowest BCUT2D eigenvalue weighted by Gasteiger charge is -2.20. The number of hydrogen-bond donors (Lipinski definition) is 2. The Kier molecular flexibility index (Phi) is 4.09. The quantitative estimate of drug-likeness (QED) is 0.808. The molecule has 2 rings (SSSR count). The Bertz CT molecular complexity index is 447. The van der Waals surface area contributed by atoms with E-state index >= 15 is 0 Å². The van der Waals surface area contributed by atoms with Crippen LogP contribution in [0.15, 0.2) is 30.4 Å². The summed E-state index contributed by atoms with van der Waals surface area (Å²) in [6.07, 6.45) is 4.71. The maximum atomic E-state index is 13.6. The third-order valence-electron chi connectivity index (χ3n) is 3.30. The fraction of sp³-hybridized carbons (Fsp3) is 0.429. The largest absolute Gasteiger partial charge is 0.396 e. The Balaban J connectivity index is 2.02. The van der Waals surface area contributed by atoms with Gasteiger partial charge in [-0.25, -0.2) is 8.78 Å². The van der Waals surface area contributed by atoms with E-state index in [0.29, 0.717) is 5.56 Å². The Morgan fingerprint density at radius 1 is 1.39 bits per heavy atom. The molecule has 0 radical (unpaired) electrons. The number of aliphatic hydroxyl groups is 1. The molecule has 1 aliphatic rings. The van der Waals surface area contributed by atoms with Crippen LogP contribution in [0.25, 0.3) is 0 Å². The molecule has 0 saturated heterocycles. The molecule has 0 amide bonds. The van der Waals surface area contributed by atoms with Gasteiger partial charge in [-0.15, -0.1) is 0 Å². The summed E-state index contributed by atoms with van der Waals surface area (Å²) in [4.78, 5) is 0. The Labute approximate surface area is 105 Å². The van der Waals surface area contributed by atoms with Crippen LogP contribution < -0.4 is 5.32 Å². The molecule has 0 unspecified atom stereocenters. The zero-order valence-electron chi connectivity index (χ0n) is 10.2. The van der Waals surface area contributed by atoms with Crippen molar-refractivity contribution in [2.24, 2.45) is 5.92 Å². The molecule has 98 valence electrons. The van der Waals surface area contributed by atoms with Gasteiger partial charge in [0.2, 0.25) is 0 Å². The molecule has 0 spiro atoms. The number of rotatable bonds is 4. The standard InChI is InChI=1S/C14H17F2NO/c1-9(13-7-11(15)3-5-14(13)16)17-12-4-2-10(6-12)8-18/h2-5,7,9-10,12,17-18H,6,8H2,1H3/t9-,10+,12-/m1/s1. The zero-order valence-corrected chi connectivity index (χ0v) is 10.2. The van der Waals surface area contributed by atoms with Gasteiger partial charge in [-0.1, -0.05) is 12.2 Å². The monoisotopic (exact) mass is 253 g/mol. The highest BCUT2D eigenvalue weighted by atomic mass is 19.1. The van der Waals surface area contributed by atoms with Crippen LogP contribution >= 0.6 is 0 Å². The lowest BCUT2D eigenvalue weighted by molar-refractivity contribution is 0.245. The molecular formula is C14H17F2NO. The van der Waals surface area contributed by atoms with E-state index in [2.05, 4.69) is 5.32 Å². The topological polar surface area (TPSA) is 32.3 Å². The van der Waals surface area contributed by atoms with Gasteiger partial charge in [-0.2, -0.15) is 0 Å². The third kappa shape index (κ3) is 2.94. The summed E-state index contributed by atoms with van der Waals surface area (Å²) >= 11 is 0. The molecule has 0 aliphatic heterocycles. The van der Waals surface area contributed by atoms with E-state index in [1.165, 1.54) is 6.07 Å². The molecule has 2 N–H and O–H groups in total. The van der Waals surface area contributed by atoms with Crippen LogP contribution in [-0.4, -0.2) is 17.8 Å². The molecule has 1 aromatic carbocycles. The summed E-state index contributed by atoms with van der Waals surface area (Å²) < 4.78 is 26.7. The van der Waals surface area contributed by atoms with E-state index < -0.39 is 11.6 Å². The molecule has 1 aliphatic carbocycles. The molecule has 0 saturated carbocycles. The maximum absolute atomic E-state index is 13.6. The normalized spacial score (nSPS) is 24.4. The van der Waals surface area contributed by atoms with Crippen molar-refractivity contribution >= 4 is 0 Å². The van der Waals surface area contributed by atoms with Gasteiger partial charge in [0, 0.05) is 30.2 Å². The van der Waals surface area contributed by atoms with Gasteiger partial charge in [-0.3, -0.25) is 0 Å². The van der Waals surface area contributed by atoms with Crippen LogP contribution in [0, 0.1) is 17.6 Å². The molecule has 3 atom stereocenters. The average Bonchev–Trinajstić information content (AvgIpc) is 2.80. The third-order valence-corrected chi connectivity index (χ3v) is 3.30. The number of aliphatic hydroxyl groups excluding tert-OH is 1. The summed E-state index contributed by atoms with van der Waals surface area (Å²) in [7, 11) is 0. The zero-order chi connectivity index (χ0) is 13.1. The van der Waals surface area contributed by atoms with Crippen molar-refractivity contribution < 1.29 is 13.9 Å². The van der Waals surface area contributed by atoms with Gasteiger partial charge >= 0.3 is 0 Å². The second kappa shape index (κ2) is 5.59. The fourth-order valence-electron chi connectivity index (χ4n) is 2.29. The van der Waals surface area contributed by atoms with E-state index in [-0.39, 0.29) is 24.6 Å². The van der Waals surface area contributed by atoms with E-state index in [4.69, 9.17) is 5.11 Å². The van der Waals surface area contributed by atoms with Crippen molar-refractivity contribution in [3.63, 3.8) is 0 Å². The van der Waals surface area contributed by atoms with Crippen molar-refractivity contribution in [2.45, 2.75) is 25.4 Å². The summed E-state index contributed by atoms with van der Waals surface area (Å²) in [5.74, 6) is -0.681. The van der Waals surface area contributed by atoms with Crippen molar-refractivity contribution in [3.8, 4) is 0 Å². The molecule has 0 bridgehead atoms. The maximum Gasteiger partial charge on any atom is 0.128 e. The van der Waals surface area contributed by atoms with Gasteiger partial charge < -0.3 is 10.4 Å². The van der Waals surface area contributed by atoms with Gasteiger partial charge in [0.25, 0.3) is 0 Å². The molecule has 0 fully saturated rings. The van der Waals surface area contributed by atoms with Gasteiger partial charge in [0.15, 0.2) is 0 Å². The Hall–Kier alpha value is -1.26.